The van der Waals surface area contributed by atoms with Crippen LogP contribution in [0.15, 0.2) is 0 Å². The Kier molecular flexibility index (Phi) is 2.67. The molecule has 0 saturated heterocycles. The van der Waals surface area contributed by atoms with Crippen LogP contribution in [0, 0.1) is 5.41 Å². The molecule has 0 rings (SSSR count). The highest BCUT2D eigenvalue weighted by atomic mass is 79.9. The van der Waals surface area contributed by atoms with Gasteiger partial charge >= 0.3 is 0 Å². The lowest BCUT2D eigenvalue weighted by atomic mass is 10.0. The maximum absolute atomic E-state index is 5.69. The molecule has 0 aromatic carbocycles. The van der Waals surface area contributed by atoms with Gasteiger partial charge in [-0.25, -0.2) is 0 Å². The number of rotatable bonds is 0. The molecule has 0 aromatic heterocycles. The Morgan fingerprint density at radius 1 is 1.12 bits per heavy atom. The van der Waals surface area contributed by atoms with Gasteiger partial charge in [-0.15, -0.1) is 0 Å². The van der Waals surface area contributed by atoms with E-state index < -0.39 is 3.24 Å². The van der Waals surface area contributed by atoms with Crippen molar-refractivity contribution in [1.29, 1.82) is 0 Å². The molecule has 0 spiro atoms. The molecule has 0 heterocycles. The third-order valence-electron chi connectivity index (χ3n) is 0.850. The van der Waals surface area contributed by atoms with Gasteiger partial charge in [0.25, 0.3) is 0 Å². The Morgan fingerprint density at radius 3 is 1.25 bits per heavy atom. The van der Waals surface area contributed by atoms with Gasteiger partial charge in [-0.2, -0.15) is 0 Å². The lowest BCUT2D eigenvalue weighted by molar-refractivity contribution is 0.434. The molecule has 0 aliphatic heterocycles. The molecule has 0 amide bonds. The number of halogens is 3. The molecule has 0 aromatic rings. The molecular weight excluding hydrogens is 211 g/mol. The quantitative estimate of drug-likeness (QED) is 0.547. The molecule has 50 valence electrons. The Bertz CT molecular complexity index is 65.4. The Labute approximate surface area is 68.7 Å². The second-order valence-corrected chi connectivity index (χ2v) is 6.18. The van der Waals surface area contributed by atoms with Crippen LogP contribution >= 0.6 is 39.1 Å². The normalized spacial score (nSPS) is 14.2. The van der Waals surface area contributed by atoms with Crippen LogP contribution in [-0.4, -0.2) is 3.24 Å². The van der Waals surface area contributed by atoms with Gasteiger partial charge in [0.2, 0.25) is 0 Å². The summed E-state index contributed by atoms with van der Waals surface area (Å²) in [6.45, 7) is 5.88. The maximum Gasteiger partial charge on any atom is 0.176 e. The molecule has 0 aliphatic rings. The van der Waals surface area contributed by atoms with Crippen LogP contribution in [0.1, 0.15) is 20.8 Å². The molecule has 0 nitrogen and oxygen atoms in total. The molecule has 8 heavy (non-hydrogen) atoms. The molecule has 3 heteroatoms. The highest BCUT2D eigenvalue weighted by Gasteiger charge is 2.34. The molecule has 0 fully saturated rings. The summed E-state index contributed by atoms with van der Waals surface area (Å²) in [5, 5.41) is 0. The van der Waals surface area contributed by atoms with E-state index in [4.69, 9.17) is 23.2 Å². The standard InChI is InChI=1S/C5H9BrCl2/c1-4(2,3)5(6,7)8/h1-3H3. The van der Waals surface area contributed by atoms with Crippen molar-refractivity contribution in [3.8, 4) is 0 Å². The van der Waals surface area contributed by atoms with E-state index in [1.54, 1.807) is 0 Å². The summed E-state index contributed by atoms with van der Waals surface area (Å²) in [7, 11) is 0. The maximum atomic E-state index is 5.69. The van der Waals surface area contributed by atoms with Gasteiger partial charge in [0, 0.05) is 5.41 Å². The number of alkyl halides is 3. The van der Waals surface area contributed by atoms with Gasteiger partial charge in [-0.3, -0.25) is 0 Å². The van der Waals surface area contributed by atoms with Gasteiger partial charge in [0.1, 0.15) is 0 Å². The second-order valence-electron chi connectivity index (χ2n) is 2.75. The van der Waals surface area contributed by atoms with E-state index in [1.165, 1.54) is 0 Å². The summed E-state index contributed by atoms with van der Waals surface area (Å²) in [6.07, 6.45) is 0. The van der Waals surface area contributed by atoms with Crippen LogP contribution in [-0.2, 0) is 0 Å². The van der Waals surface area contributed by atoms with Gasteiger partial charge < -0.3 is 0 Å². The predicted octanol–water partition coefficient (Wildman–Crippen LogP) is 3.56. The summed E-state index contributed by atoms with van der Waals surface area (Å²) < 4.78 is -0.806. The highest BCUT2D eigenvalue weighted by molar-refractivity contribution is 9.11. The summed E-state index contributed by atoms with van der Waals surface area (Å²) in [5.74, 6) is 0. The van der Waals surface area contributed by atoms with E-state index in [9.17, 15) is 0 Å². The van der Waals surface area contributed by atoms with Crippen molar-refractivity contribution >= 4 is 39.1 Å². The van der Waals surface area contributed by atoms with Crippen LogP contribution in [0.2, 0.25) is 0 Å². The molecule has 0 saturated carbocycles. The van der Waals surface area contributed by atoms with Crippen molar-refractivity contribution in [3.63, 3.8) is 0 Å². The number of hydrogen-bond acceptors (Lipinski definition) is 0. The highest BCUT2D eigenvalue weighted by Crippen LogP contribution is 2.45. The molecule has 0 unspecified atom stereocenters. The summed E-state index contributed by atoms with van der Waals surface area (Å²) in [6, 6.07) is 0. The first-order valence-corrected chi connectivity index (χ1v) is 3.87. The van der Waals surface area contributed by atoms with Crippen LogP contribution in [0.5, 0.6) is 0 Å². The van der Waals surface area contributed by atoms with Crippen molar-refractivity contribution < 1.29 is 0 Å². The van der Waals surface area contributed by atoms with E-state index in [0.717, 1.165) is 0 Å². The Morgan fingerprint density at radius 2 is 1.25 bits per heavy atom. The van der Waals surface area contributed by atoms with Crippen molar-refractivity contribution in [2.45, 2.75) is 24.0 Å². The number of hydrogen-bond donors (Lipinski definition) is 0. The first-order chi connectivity index (χ1) is 3.25. The summed E-state index contributed by atoms with van der Waals surface area (Å²) >= 11 is 14.5. The predicted molar refractivity (Wildman–Crippen MR) is 42.8 cm³/mol. The fraction of sp³-hybridized carbons (Fsp3) is 1.00. The zero-order valence-corrected chi connectivity index (χ0v) is 8.23. The lowest BCUT2D eigenvalue weighted by Gasteiger charge is -2.27. The molecular formula is C5H9BrCl2. The van der Waals surface area contributed by atoms with Gasteiger partial charge in [0.15, 0.2) is 3.24 Å². The fourth-order valence-electron chi connectivity index (χ4n) is 0. The summed E-state index contributed by atoms with van der Waals surface area (Å²) in [4.78, 5) is 0. The van der Waals surface area contributed by atoms with Crippen molar-refractivity contribution in [1.82, 2.24) is 0 Å². The molecule has 0 N–H and O–H groups in total. The minimum absolute atomic E-state index is 0.115. The van der Waals surface area contributed by atoms with Crippen LogP contribution in [0.3, 0.4) is 0 Å². The lowest BCUT2D eigenvalue weighted by Crippen LogP contribution is -2.24. The van der Waals surface area contributed by atoms with E-state index in [-0.39, 0.29) is 5.41 Å². The molecule has 0 atom stereocenters. The third-order valence-corrected chi connectivity index (χ3v) is 3.17. The van der Waals surface area contributed by atoms with E-state index in [2.05, 4.69) is 15.9 Å². The minimum atomic E-state index is -0.806. The molecule has 0 aliphatic carbocycles. The van der Waals surface area contributed by atoms with E-state index >= 15 is 0 Å². The van der Waals surface area contributed by atoms with E-state index in [1.807, 2.05) is 20.8 Å². The topological polar surface area (TPSA) is 0 Å². The van der Waals surface area contributed by atoms with Gasteiger partial charge in [-0.05, 0) is 15.9 Å². The molecule has 0 radical (unpaired) electrons. The first kappa shape index (κ1) is 9.06. The van der Waals surface area contributed by atoms with Crippen LogP contribution < -0.4 is 0 Å². The van der Waals surface area contributed by atoms with Gasteiger partial charge in [-0.1, -0.05) is 44.0 Å². The Balaban J connectivity index is 4.02. The van der Waals surface area contributed by atoms with E-state index in [0.29, 0.717) is 0 Å². The zero-order valence-electron chi connectivity index (χ0n) is 5.13. The second kappa shape index (κ2) is 2.36. The SMILES string of the molecule is CC(C)(C)C(Cl)(Cl)Br. The largest absolute Gasteiger partial charge is 0.176 e. The third kappa shape index (κ3) is 2.56. The van der Waals surface area contributed by atoms with Crippen molar-refractivity contribution in [2.24, 2.45) is 5.41 Å². The Hall–Kier alpha value is 1.06. The fourth-order valence-corrected chi connectivity index (χ4v) is 0. The monoisotopic (exact) mass is 218 g/mol. The summed E-state index contributed by atoms with van der Waals surface area (Å²) in [5.41, 5.74) is -0.115. The average Bonchev–Trinajstić information content (AvgIpc) is 1.25. The van der Waals surface area contributed by atoms with Gasteiger partial charge in [0.05, 0.1) is 0 Å². The first-order valence-electron chi connectivity index (χ1n) is 2.32. The average molecular weight is 220 g/mol. The van der Waals surface area contributed by atoms with Crippen molar-refractivity contribution in [2.75, 3.05) is 0 Å². The van der Waals surface area contributed by atoms with Crippen molar-refractivity contribution in [3.05, 3.63) is 0 Å². The molecule has 0 bridgehead atoms. The minimum Gasteiger partial charge on any atom is -0.0882 e. The van der Waals surface area contributed by atoms with Crippen LogP contribution in [0.25, 0.3) is 0 Å². The zero-order chi connectivity index (χ0) is 7.00. The van der Waals surface area contributed by atoms with Crippen LogP contribution in [0.4, 0.5) is 0 Å². The smallest absolute Gasteiger partial charge is 0.0882 e.